The standard InChI is InChI=1S/C22H22N6O4S/c1-4-23-20(31)24-18(29)12-33-22-26-25-21-27(16-11-13(2)9-10-17(16)32-3)19(30)14-7-5-6-8-15(14)28(21)22/h5-11H,4,12H2,1-3H3,(H2,23,24,29,31). The van der Waals surface area contributed by atoms with Gasteiger partial charge >= 0.3 is 6.03 Å². The lowest BCUT2D eigenvalue weighted by atomic mass is 10.2. The number of carbonyl (C=O) groups excluding carboxylic acids is 2. The smallest absolute Gasteiger partial charge is 0.321 e. The molecular weight excluding hydrogens is 444 g/mol. The van der Waals surface area contributed by atoms with Crippen LogP contribution in [0.3, 0.4) is 0 Å². The van der Waals surface area contributed by atoms with E-state index in [1.807, 2.05) is 25.1 Å². The van der Waals surface area contributed by atoms with Gasteiger partial charge in [-0.3, -0.25) is 19.3 Å². The second-order valence-electron chi connectivity index (χ2n) is 7.15. The molecule has 2 aromatic carbocycles. The van der Waals surface area contributed by atoms with Gasteiger partial charge in [-0.25, -0.2) is 9.36 Å². The predicted molar refractivity (Wildman–Crippen MR) is 125 cm³/mol. The van der Waals surface area contributed by atoms with Crippen molar-refractivity contribution in [2.24, 2.45) is 0 Å². The highest BCUT2D eigenvalue weighted by molar-refractivity contribution is 7.99. The average Bonchev–Trinajstić information content (AvgIpc) is 3.22. The first-order valence-corrected chi connectivity index (χ1v) is 11.2. The maximum absolute atomic E-state index is 13.5. The van der Waals surface area contributed by atoms with Crippen LogP contribution in [0, 0.1) is 6.92 Å². The highest BCUT2D eigenvalue weighted by Gasteiger charge is 2.20. The third kappa shape index (κ3) is 4.27. The summed E-state index contributed by atoms with van der Waals surface area (Å²) in [6, 6.07) is 12.1. The molecule has 4 aromatic rings. The maximum Gasteiger partial charge on any atom is 0.321 e. The highest BCUT2D eigenvalue weighted by atomic mass is 32.2. The van der Waals surface area contributed by atoms with Crippen molar-refractivity contribution in [3.05, 3.63) is 58.4 Å². The molecule has 2 heterocycles. The number of carbonyl (C=O) groups is 2. The molecule has 0 aliphatic carbocycles. The quantitative estimate of drug-likeness (QED) is 0.418. The molecule has 0 fully saturated rings. The van der Waals surface area contributed by atoms with Gasteiger partial charge in [0.2, 0.25) is 11.7 Å². The highest BCUT2D eigenvalue weighted by Crippen LogP contribution is 2.27. The lowest BCUT2D eigenvalue weighted by Gasteiger charge is -2.14. The van der Waals surface area contributed by atoms with Crippen LogP contribution in [0.15, 0.2) is 52.4 Å². The number of aryl methyl sites for hydroxylation is 1. The van der Waals surface area contributed by atoms with Gasteiger partial charge in [0.05, 0.1) is 29.5 Å². The molecule has 2 aromatic heterocycles. The molecular formula is C22H22N6O4S. The van der Waals surface area contributed by atoms with Crippen LogP contribution in [0.25, 0.3) is 22.4 Å². The van der Waals surface area contributed by atoms with Gasteiger partial charge in [0.1, 0.15) is 5.75 Å². The number of rotatable bonds is 6. The molecule has 3 amide bonds. The number of imide groups is 1. The Morgan fingerprint density at radius 3 is 2.70 bits per heavy atom. The fourth-order valence-electron chi connectivity index (χ4n) is 3.46. The summed E-state index contributed by atoms with van der Waals surface area (Å²) in [5, 5.41) is 14.1. The van der Waals surface area contributed by atoms with E-state index < -0.39 is 11.9 Å². The molecule has 4 rings (SSSR count). The summed E-state index contributed by atoms with van der Waals surface area (Å²) in [7, 11) is 1.54. The number of urea groups is 1. The summed E-state index contributed by atoms with van der Waals surface area (Å²) < 4.78 is 8.68. The number of hydrogen-bond acceptors (Lipinski definition) is 7. The van der Waals surface area contributed by atoms with Crippen LogP contribution < -0.4 is 20.9 Å². The molecule has 0 saturated carbocycles. The molecule has 0 bridgehead atoms. The fraction of sp³-hybridized carbons (Fsp3) is 0.227. The summed E-state index contributed by atoms with van der Waals surface area (Å²) in [5.74, 6) is 0.271. The van der Waals surface area contributed by atoms with Crippen molar-refractivity contribution in [3.8, 4) is 11.4 Å². The number of thioether (sulfide) groups is 1. The number of nitrogens with zero attached hydrogens (tertiary/aromatic N) is 4. The van der Waals surface area contributed by atoms with Crippen LogP contribution in [-0.4, -0.2) is 50.5 Å². The number of ether oxygens (including phenoxy) is 1. The maximum atomic E-state index is 13.5. The minimum atomic E-state index is -0.556. The summed E-state index contributed by atoms with van der Waals surface area (Å²) in [6.07, 6.45) is 0. The molecule has 0 spiro atoms. The first-order chi connectivity index (χ1) is 15.9. The Bertz CT molecular complexity index is 1430. The van der Waals surface area contributed by atoms with Crippen LogP contribution in [0.5, 0.6) is 5.75 Å². The molecule has 0 saturated heterocycles. The number of fused-ring (bicyclic) bond motifs is 3. The number of methoxy groups -OCH3 is 1. The summed E-state index contributed by atoms with van der Waals surface area (Å²) in [4.78, 5) is 37.2. The Balaban J connectivity index is 1.85. The van der Waals surface area contributed by atoms with Gasteiger partial charge in [-0.05, 0) is 43.7 Å². The number of aromatic nitrogens is 4. The van der Waals surface area contributed by atoms with E-state index in [0.717, 1.165) is 17.3 Å². The molecule has 170 valence electrons. The summed E-state index contributed by atoms with van der Waals surface area (Å²) in [6.45, 7) is 4.09. The zero-order valence-corrected chi connectivity index (χ0v) is 19.1. The number of nitrogens with one attached hydrogen (secondary N) is 2. The lowest BCUT2D eigenvalue weighted by Crippen LogP contribution is -2.40. The van der Waals surface area contributed by atoms with E-state index in [-0.39, 0.29) is 17.1 Å². The van der Waals surface area contributed by atoms with Crippen molar-refractivity contribution in [2.45, 2.75) is 19.0 Å². The van der Waals surface area contributed by atoms with Crippen LogP contribution in [0.1, 0.15) is 12.5 Å². The van der Waals surface area contributed by atoms with Crippen molar-refractivity contribution in [2.75, 3.05) is 19.4 Å². The topological polar surface area (TPSA) is 120 Å². The van der Waals surface area contributed by atoms with E-state index >= 15 is 0 Å². The molecule has 0 unspecified atom stereocenters. The lowest BCUT2D eigenvalue weighted by molar-refractivity contribution is -0.117. The van der Waals surface area contributed by atoms with Gasteiger partial charge in [0.25, 0.3) is 5.56 Å². The molecule has 0 radical (unpaired) electrons. The van der Waals surface area contributed by atoms with Gasteiger partial charge in [-0.1, -0.05) is 30.0 Å². The van der Waals surface area contributed by atoms with Crippen LogP contribution in [0.2, 0.25) is 0 Å². The van der Waals surface area contributed by atoms with Gasteiger partial charge in [0.15, 0.2) is 5.16 Å². The van der Waals surface area contributed by atoms with Crippen molar-refractivity contribution < 1.29 is 14.3 Å². The molecule has 2 N–H and O–H groups in total. The van der Waals surface area contributed by atoms with E-state index in [0.29, 0.717) is 34.0 Å². The number of hydrogen-bond donors (Lipinski definition) is 2. The molecule has 33 heavy (non-hydrogen) atoms. The Labute approximate surface area is 193 Å². The van der Waals surface area contributed by atoms with Crippen molar-refractivity contribution in [1.29, 1.82) is 0 Å². The Morgan fingerprint density at radius 2 is 1.94 bits per heavy atom. The second-order valence-corrected chi connectivity index (χ2v) is 8.09. The van der Waals surface area contributed by atoms with Gasteiger partial charge in [-0.15, -0.1) is 10.2 Å². The van der Waals surface area contributed by atoms with E-state index in [2.05, 4.69) is 20.8 Å². The molecule has 0 atom stereocenters. The molecule has 0 aliphatic heterocycles. The SMILES string of the molecule is CCNC(=O)NC(=O)CSc1nnc2n(-c3cc(C)ccc3OC)c(=O)c3ccccc3n12. The van der Waals surface area contributed by atoms with Crippen molar-refractivity contribution in [3.63, 3.8) is 0 Å². The molecule has 0 aliphatic rings. The first kappa shape index (κ1) is 22.3. The Morgan fingerprint density at radius 1 is 1.15 bits per heavy atom. The van der Waals surface area contributed by atoms with Gasteiger partial charge in [-0.2, -0.15) is 0 Å². The van der Waals surface area contributed by atoms with Crippen molar-refractivity contribution in [1.82, 2.24) is 29.8 Å². The van der Waals surface area contributed by atoms with Gasteiger partial charge < -0.3 is 10.1 Å². The second kappa shape index (κ2) is 9.33. The number of para-hydroxylation sites is 1. The fourth-order valence-corrected chi connectivity index (χ4v) is 4.20. The van der Waals surface area contributed by atoms with Crippen LogP contribution in [0.4, 0.5) is 4.79 Å². The van der Waals surface area contributed by atoms with Crippen LogP contribution in [-0.2, 0) is 4.79 Å². The Kier molecular flexibility index (Phi) is 6.31. The average molecular weight is 467 g/mol. The molecule has 10 nitrogen and oxygen atoms in total. The van der Waals surface area contributed by atoms with E-state index in [1.165, 1.54) is 11.7 Å². The van der Waals surface area contributed by atoms with E-state index in [4.69, 9.17) is 4.74 Å². The predicted octanol–water partition coefficient (Wildman–Crippen LogP) is 2.29. The van der Waals surface area contributed by atoms with Crippen LogP contribution >= 0.6 is 11.8 Å². The number of benzene rings is 2. The zero-order valence-electron chi connectivity index (χ0n) is 18.3. The third-order valence-electron chi connectivity index (χ3n) is 4.89. The molecule has 11 heteroatoms. The third-order valence-corrected chi connectivity index (χ3v) is 5.82. The van der Waals surface area contributed by atoms with Crippen molar-refractivity contribution >= 4 is 40.4 Å². The zero-order chi connectivity index (χ0) is 23.5. The number of amides is 3. The van der Waals surface area contributed by atoms with E-state index in [9.17, 15) is 14.4 Å². The Hall–Kier alpha value is -3.86. The summed E-state index contributed by atoms with van der Waals surface area (Å²) in [5.41, 5.74) is 1.83. The minimum absolute atomic E-state index is 0.0564. The monoisotopic (exact) mass is 466 g/mol. The normalized spacial score (nSPS) is 11.0. The largest absolute Gasteiger partial charge is 0.495 e. The minimum Gasteiger partial charge on any atom is -0.495 e. The summed E-state index contributed by atoms with van der Waals surface area (Å²) >= 11 is 1.11. The first-order valence-electron chi connectivity index (χ1n) is 10.2. The van der Waals surface area contributed by atoms with E-state index in [1.54, 1.807) is 35.6 Å². The van der Waals surface area contributed by atoms with Gasteiger partial charge in [0, 0.05) is 6.54 Å².